The lowest BCUT2D eigenvalue weighted by molar-refractivity contribution is 0.453. The van der Waals surface area contributed by atoms with Crippen molar-refractivity contribution in [2.75, 3.05) is 29.3 Å². The van der Waals surface area contributed by atoms with E-state index in [9.17, 15) is 18.3 Å². The Morgan fingerprint density at radius 3 is 2.44 bits per heavy atom. The summed E-state index contributed by atoms with van der Waals surface area (Å²) in [6, 6.07) is 15.6. The van der Waals surface area contributed by atoms with E-state index in [4.69, 9.17) is 11.6 Å². The van der Waals surface area contributed by atoms with Crippen molar-refractivity contribution < 1.29 is 13.5 Å². The molecule has 1 aliphatic heterocycles. The summed E-state index contributed by atoms with van der Waals surface area (Å²) < 4.78 is 28.5. The van der Waals surface area contributed by atoms with Crippen LogP contribution in [0.2, 0.25) is 5.02 Å². The van der Waals surface area contributed by atoms with Gasteiger partial charge in [-0.1, -0.05) is 35.9 Å². The molecule has 1 saturated heterocycles. The fraction of sp³-hybridized carbons (Fsp3) is 0.273. The van der Waals surface area contributed by atoms with Crippen LogP contribution < -0.4 is 14.8 Å². The number of benzene rings is 2. The second-order valence-corrected chi connectivity index (χ2v) is 10.3. The Balaban J connectivity index is 1.51. The molecule has 8 nitrogen and oxygen atoms in total. The number of para-hydroxylation sites is 1. The summed E-state index contributed by atoms with van der Waals surface area (Å²) in [4.78, 5) is 14.5. The molecule has 32 heavy (non-hydrogen) atoms. The van der Waals surface area contributed by atoms with E-state index in [1.165, 1.54) is 10.5 Å². The van der Waals surface area contributed by atoms with Gasteiger partial charge in [0.05, 0.1) is 22.8 Å². The van der Waals surface area contributed by atoms with Crippen molar-refractivity contribution in [3.8, 4) is 11.4 Å². The van der Waals surface area contributed by atoms with Gasteiger partial charge >= 0.3 is 5.56 Å². The molecule has 0 atom stereocenters. The van der Waals surface area contributed by atoms with Gasteiger partial charge in [0.1, 0.15) is 5.69 Å². The van der Waals surface area contributed by atoms with Crippen LogP contribution in [-0.2, 0) is 10.0 Å². The Bertz CT molecular complexity index is 1270. The largest absolute Gasteiger partial charge is 0.501 e. The van der Waals surface area contributed by atoms with Gasteiger partial charge < -0.3 is 10.0 Å². The summed E-state index contributed by atoms with van der Waals surface area (Å²) in [5.41, 5.74) is 0.684. The summed E-state index contributed by atoms with van der Waals surface area (Å²) in [6.07, 6.45) is 2.16. The number of hydrogen-bond donors (Lipinski definition) is 1. The first-order chi connectivity index (χ1) is 15.3. The molecular weight excluding hydrogens is 452 g/mol. The first-order valence-electron chi connectivity index (χ1n) is 10.1. The molecule has 1 N–H and O–H groups in total. The summed E-state index contributed by atoms with van der Waals surface area (Å²) in [6.45, 7) is 0.755. The smallest absolute Gasteiger partial charge is 0.315 e. The Kier molecular flexibility index (Phi) is 6.12. The van der Waals surface area contributed by atoms with Gasteiger partial charge in [-0.05, 0) is 43.2 Å². The normalized spacial score (nSPS) is 15.0. The number of halogens is 1. The van der Waals surface area contributed by atoms with Crippen LogP contribution in [0.1, 0.15) is 12.8 Å². The van der Waals surface area contributed by atoms with Crippen molar-refractivity contribution in [1.82, 2.24) is 9.78 Å². The highest BCUT2D eigenvalue weighted by atomic mass is 35.5. The van der Waals surface area contributed by atoms with E-state index in [2.05, 4.69) is 5.10 Å². The summed E-state index contributed by atoms with van der Waals surface area (Å²) in [5.74, 6) is -0.428. The van der Waals surface area contributed by atoms with E-state index in [0.717, 1.165) is 4.68 Å². The molecule has 3 aromatic rings. The van der Waals surface area contributed by atoms with Crippen molar-refractivity contribution in [2.24, 2.45) is 0 Å². The van der Waals surface area contributed by atoms with Crippen LogP contribution in [0.15, 0.2) is 65.6 Å². The SMILES string of the molecule is CN(c1ccccc1)S(=O)(=O)C1CCN(c2cnn(-c3cccc(Cl)c3)c(=O)c2O)CC1. The fourth-order valence-corrected chi connectivity index (χ4v) is 5.72. The monoisotopic (exact) mass is 474 g/mol. The number of anilines is 2. The lowest BCUT2D eigenvalue weighted by Gasteiger charge is -2.35. The number of piperidine rings is 1. The van der Waals surface area contributed by atoms with Crippen LogP contribution in [0.4, 0.5) is 11.4 Å². The van der Waals surface area contributed by atoms with Crippen LogP contribution in [0.25, 0.3) is 5.69 Å². The average Bonchev–Trinajstić information content (AvgIpc) is 2.81. The number of aromatic hydroxyl groups is 1. The summed E-state index contributed by atoms with van der Waals surface area (Å²) in [7, 11) is -1.98. The Hall–Kier alpha value is -3.04. The molecule has 168 valence electrons. The van der Waals surface area contributed by atoms with Crippen molar-refractivity contribution in [3.63, 3.8) is 0 Å². The standard InChI is InChI=1S/C22H23ClN4O4S/c1-25(17-7-3-2-4-8-17)32(30,31)19-10-12-26(13-11-19)20-15-24-27(22(29)21(20)28)18-9-5-6-16(23)14-18/h2-9,14-15,19,28H,10-13H2,1H3. The molecule has 0 spiro atoms. The molecule has 1 aliphatic rings. The zero-order chi connectivity index (χ0) is 22.9. The molecule has 0 radical (unpaired) electrons. The van der Waals surface area contributed by atoms with E-state index in [0.29, 0.717) is 48.0 Å². The van der Waals surface area contributed by atoms with Crippen molar-refractivity contribution in [3.05, 3.63) is 76.2 Å². The summed E-state index contributed by atoms with van der Waals surface area (Å²) >= 11 is 5.99. The first-order valence-corrected chi connectivity index (χ1v) is 12.0. The average molecular weight is 475 g/mol. The molecule has 0 amide bonds. The molecular formula is C22H23ClN4O4S. The van der Waals surface area contributed by atoms with Crippen LogP contribution in [0.5, 0.6) is 5.75 Å². The van der Waals surface area contributed by atoms with Gasteiger partial charge in [-0.15, -0.1) is 0 Å². The fourth-order valence-electron chi connectivity index (χ4n) is 3.86. The maximum Gasteiger partial charge on any atom is 0.315 e. The minimum atomic E-state index is -3.54. The maximum atomic E-state index is 13.1. The Labute approximate surface area is 191 Å². The third-order valence-electron chi connectivity index (χ3n) is 5.69. The predicted octanol–water partition coefficient (Wildman–Crippen LogP) is 3.03. The quantitative estimate of drug-likeness (QED) is 0.610. The molecule has 10 heteroatoms. The lowest BCUT2D eigenvalue weighted by Crippen LogP contribution is -2.44. The number of rotatable bonds is 5. The minimum Gasteiger partial charge on any atom is -0.501 e. The molecule has 0 bridgehead atoms. The minimum absolute atomic E-state index is 0.292. The number of hydrogen-bond acceptors (Lipinski definition) is 6. The van der Waals surface area contributed by atoms with Crippen LogP contribution in [-0.4, -0.2) is 48.7 Å². The van der Waals surface area contributed by atoms with E-state index in [-0.39, 0.29) is 0 Å². The van der Waals surface area contributed by atoms with Crippen molar-refractivity contribution in [2.45, 2.75) is 18.1 Å². The van der Waals surface area contributed by atoms with E-state index >= 15 is 0 Å². The van der Waals surface area contributed by atoms with Gasteiger partial charge in [0.15, 0.2) is 0 Å². The van der Waals surface area contributed by atoms with Crippen molar-refractivity contribution >= 4 is 33.0 Å². The lowest BCUT2D eigenvalue weighted by atomic mass is 10.1. The van der Waals surface area contributed by atoms with Gasteiger partial charge in [0.2, 0.25) is 15.8 Å². The maximum absolute atomic E-state index is 13.1. The summed E-state index contributed by atoms with van der Waals surface area (Å²) in [5, 5.41) is 14.6. The molecule has 0 aliphatic carbocycles. The predicted molar refractivity (Wildman–Crippen MR) is 126 cm³/mol. The van der Waals surface area contributed by atoms with Crippen LogP contribution >= 0.6 is 11.6 Å². The van der Waals surface area contributed by atoms with E-state index in [1.54, 1.807) is 60.5 Å². The molecule has 1 fully saturated rings. The number of sulfonamides is 1. The number of nitrogens with zero attached hydrogens (tertiary/aromatic N) is 4. The highest BCUT2D eigenvalue weighted by Crippen LogP contribution is 2.30. The Morgan fingerprint density at radius 2 is 1.78 bits per heavy atom. The van der Waals surface area contributed by atoms with Gasteiger partial charge in [0.25, 0.3) is 0 Å². The topological polar surface area (TPSA) is 95.7 Å². The number of aromatic nitrogens is 2. The molecule has 2 heterocycles. The zero-order valence-corrected chi connectivity index (χ0v) is 19.0. The molecule has 2 aromatic carbocycles. The Morgan fingerprint density at radius 1 is 1.09 bits per heavy atom. The first kappa shape index (κ1) is 22.2. The van der Waals surface area contributed by atoms with Gasteiger partial charge in [-0.2, -0.15) is 9.78 Å². The second-order valence-electron chi connectivity index (χ2n) is 7.61. The highest BCUT2D eigenvalue weighted by molar-refractivity contribution is 7.93. The third kappa shape index (κ3) is 4.18. The van der Waals surface area contributed by atoms with Crippen LogP contribution in [0.3, 0.4) is 0 Å². The van der Waals surface area contributed by atoms with Crippen molar-refractivity contribution in [1.29, 1.82) is 0 Å². The van der Waals surface area contributed by atoms with Gasteiger partial charge in [-0.25, -0.2) is 8.42 Å². The third-order valence-corrected chi connectivity index (χ3v) is 8.21. The highest BCUT2D eigenvalue weighted by Gasteiger charge is 2.34. The van der Waals surface area contributed by atoms with E-state index in [1.807, 2.05) is 6.07 Å². The second kappa shape index (κ2) is 8.84. The van der Waals surface area contributed by atoms with Crippen LogP contribution in [0, 0.1) is 0 Å². The van der Waals surface area contributed by atoms with Gasteiger partial charge in [-0.3, -0.25) is 9.10 Å². The van der Waals surface area contributed by atoms with E-state index < -0.39 is 26.6 Å². The molecule has 0 saturated carbocycles. The molecule has 0 unspecified atom stereocenters. The van der Waals surface area contributed by atoms with Gasteiger partial charge in [0, 0.05) is 25.2 Å². The zero-order valence-electron chi connectivity index (χ0n) is 17.4. The molecule has 4 rings (SSSR count). The molecule has 1 aromatic heterocycles.